The van der Waals surface area contributed by atoms with Crippen LogP contribution in [0.2, 0.25) is 0 Å². The molecular formula is C15H20N2O2. The van der Waals surface area contributed by atoms with Crippen LogP contribution in [0.15, 0.2) is 24.3 Å². The number of aliphatic hydroxyl groups is 1. The number of benzene rings is 1. The Bertz CT molecular complexity index is 447. The van der Waals surface area contributed by atoms with E-state index in [4.69, 9.17) is 10.5 Å². The highest BCUT2D eigenvalue weighted by Crippen LogP contribution is 2.12. The topological polar surface area (TPSA) is 58.7 Å². The van der Waals surface area contributed by atoms with Gasteiger partial charge in [0.1, 0.15) is 12.4 Å². The Morgan fingerprint density at radius 1 is 1.37 bits per heavy atom. The van der Waals surface area contributed by atoms with Gasteiger partial charge in [0.2, 0.25) is 0 Å². The molecule has 1 unspecified atom stereocenters. The number of nitrogens with two attached hydrogens (primary N) is 1. The zero-order chi connectivity index (χ0) is 13.5. The number of hydrogen-bond acceptors (Lipinski definition) is 4. The number of ether oxygens (including phenoxy) is 1. The van der Waals surface area contributed by atoms with Gasteiger partial charge in [0, 0.05) is 25.2 Å². The summed E-state index contributed by atoms with van der Waals surface area (Å²) in [5, 5.41) is 9.41. The molecule has 0 amide bonds. The molecule has 1 saturated heterocycles. The van der Waals surface area contributed by atoms with Crippen molar-refractivity contribution in [3.63, 3.8) is 0 Å². The van der Waals surface area contributed by atoms with Crippen LogP contribution in [-0.4, -0.2) is 48.9 Å². The van der Waals surface area contributed by atoms with E-state index in [9.17, 15) is 5.11 Å². The summed E-state index contributed by atoms with van der Waals surface area (Å²) >= 11 is 0. The largest absolute Gasteiger partial charge is 0.492 e. The zero-order valence-electron chi connectivity index (χ0n) is 11.0. The number of nitrogens with zero attached hydrogens (tertiary/aromatic N) is 1. The molecule has 1 fully saturated rings. The maximum Gasteiger partial charge on any atom is 0.119 e. The van der Waals surface area contributed by atoms with Crippen molar-refractivity contribution in [2.45, 2.75) is 12.5 Å². The lowest BCUT2D eigenvalue weighted by atomic mass is 10.2. The fourth-order valence-electron chi connectivity index (χ4n) is 2.10. The number of likely N-dealkylation sites (tertiary alicyclic amines) is 1. The lowest BCUT2D eigenvalue weighted by Crippen LogP contribution is -2.27. The van der Waals surface area contributed by atoms with Gasteiger partial charge in [-0.25, -0.2) is 0 Å². The second kappa shape index (κ2) is 7.15. The fraction of sp³-hybridized carbons (Fsp3) is 0.467. The third kappa shape index (κ3) is 4.56. The zero-order valence-corrected chi connectivity index (χ0v) is 11.0. The van der Waals surface area contributed by atoms with Crippen molar-refractivity contribution < 1.29 is 9.84 Å². The van der Waals surface area contributed by atoms with E-state index < -0.39 is 0 Å². The molecule has 1 aromatic rings. The van der Waals surface area contributed by atoms with Gasteiger partial charge in [-0.3, -0.25) is 4.90 Å². The van der Waals surface area contributed by atoms with E-state index in [0.29, 0.717) is 13.2 Å². The summed E-state index contributed by atoms with van der Waals surface area (Å²) in [6, 6.07) is 7.69. The summed E-state index contributed by atoms with van der Waals surface area (Å²) in [4.78, 5) is 2.21. The summed E-state index contributed by atoms with van der Waals surface area (Å²) in [5.74, 6) is 6.63. The molecule has 0 saturated carbocycles. The molecule has 1 atom stereocenters. The maximum atomic E-state index is 9.41. The monoisotopic (exact) mass is 260 g/mol. The summed E-state index contributed by atoms with van der Waals surface area (Å²) in [7, 11) is 0. The molecule has 4 nitrogen and oxygen atoms in total. The molecule has 19 heavy (non-hydrogen) atoms. The predicted octanol–water partition coefficient (Wildman–Crippen LogP) is 0.442. The third-order valence-corrected chi connectivity index (χ3v) is 3.11. The van der Waals surface area contributed by atoms with E-state index in [2.05, 4.69) is 16.7 Å². The molecule has 1 aromatic carbocycles. The highest BCUT2D eigenvalue weighted by molar-refractivity contribution is 5.38. The minimum Gasteiger partial charge on any atom is -0.492 e. The van der Waals surface area contributed by atoms with Gasteiger partial charge in [-0.2, -0.15) is 0 Å². The van der Waals surface area contributed by atoms with Crippen LogP contribution in [0.1, 0.15) is 12.0 Å². The number of aliphatic hydroxyl groups excluding tert-OH is 1. The Kier molecular flexibility index (Phi) is 5.22. The van der Waals surface area contributed by atoms with Crippen LogP contribution >= 0.6 is 0 Å². The van der Waals surface area contributed by atoms with Crippen LogP contribution in [-0.2, 0) is 0 Å². The normalized spacial score (nSPS) is 18.9. The Labute approximate surface area is 114 Å². The fourth-order valence-corrected chi connectivity index (χ4v) is 2.10. The van der Waals surface area contributed by atoms with E-state index >= 15 is 0 Å². The molecule has 2 rings (SSSR count). The average Bonchev–Trinajstić information content (AvgIpc) is 2.84. The molecule has 0 bridgehead atoms. The van der Waals surface area contributed by atoms with E-state index in [1.54, 1.807) is 0 Å². The first kappa shape index (κ1) is 13.9. The van der Waals surface area contributed by atoms with Gasteiger partial charge in [0.25, 0.3) is 0 Å². The quantitative estimate of drug-likeness (QED) is 0.771. The van der Waals surface area contributed by atoms with E-state index in [0.717, 1.165) is 37.4 Å². The molecule has 4 heteroatoms. The molecule has 0 radical (unpaired) electrons. The van der Waals surface area contributed by atoms with Gasteiger partial charge in [-0.15, -0.1) is 0 Å². The maximum absolute atomic E-state index is 9.41. The molecule has 3 N–H and O–H groups in total. The standard InChI is InChI=1S/C15H20N2O2/c16-8-1-2-13-3-5-15(6-4-13)19-11-10-17-9-7-14(18)12-17/h3-6,14,18H,7-12,16H2. The summed E-state index contributed by atoms with van der Waals surface area (Å²) in [6.07, 6.45) is 0.703. The smallest absolute Gasteiger partial charge is 0.119 e. The Morgan fingerprint density at radius 2 is 2.16 bits per heavy atom. The van der Waals surface area contributed by atoms with Gasteiger partial charge < -0.3 is 15.6 Å². The predicted molar refractivity (Wildman–Crippen MR) is 74.9 cm³/mol. The minimum atomic E-state index is -0.166. The van der Waals surface area contributed by atoms with Crippen molar-refractivity contribution in [1.29, 1.82) is 0 Å². The SMILES string of the molecule is NCC#Cc1ccc(OCCN2CCC(O)C2)cc1. The van der Waals surface area contributed by atoms with Crippen LogP contribution in [0.4, 0.5) is 0 Å². The minimum absolute atomic E-state index is 0.166. The van der Waals surface area contributed by atoms with Crippen LogP contribution in [0.5, 0.6) is 5.75 Å². The molecule has 0 aliphatic carbocycles. The second-order valence-electron chi connectivity index (χ2n) is 4.62. The van der Waals surface area contributed by atoms with Crippen molar-refractivity contribution in [2.24, 2.45) is 5.73 Å². The Hall–Kier alpha value is -1.54. The van der Waals surface area contributed by atoms with Crippen LogP contribution < -0.4 is 10.5 Å². The molecule has 1 heterocycles. The first-order valence-corrected chi connectivity index (χ1v) is 6.60. The van der Waals surface area contributed by atoms with E-state index in [1.807, 2.05) is 24.3 Å². The first-order chi connectivity index (χ1) is 9.28. The van der Waals surface area contributed by atoms with Crippen LogP contribution in [0.25, 0.3) is 0 Å². The molecule has 102 valence electrons. The van der Waals surface area contributed by atoms with Crippen molar-refractivity contribution >= 4 is 0 Å². The summed E-state index contributed by atoms with van der Waals surface area (Å²) in [6.45, 7) is 3.58. The molecule has 0 aromatic heterocycles. The molecule has 1 aliphatic heterocycles. The Balaban J connectivity index is 1.74. The lowest BCUT2D eigenvalue weighted by Gasteiger charge is -2.15. The highest BCUT2D eigenvalue weighted by Gasteiger charge is 2.19. The molecular weight excluding hydrogens is 240 g/mol. The lowest BCUT2D eigenvalue weighted by molar-refractivity contribution is 0.167. The third-order valence-electron chi connectivity index (χ3n) is 3.11. The average molecular weight is 260 g/mol. The van der Waals surface area contributed by atoms with Gasteiger partial charge in [0.15, 0.2) is 0 Å². The summed E-state index contributed by atoms with van der Waals surface area (Å²) in [5.41, 5.74) is 6.27. The van der Waals surface area contributed by atoms with Crippen molar-refractivity contribution in [1.82, 2.24) is 4.90 Å². The van der Waals surface area contributed by atoms with Crippen molar-refractivity contribution in [2.75, 3.05) is 32.8 Å². The van der Waals surface area contributed by atoms with E-state index in [1.165, 1.54) is 0 Å². The van der Waals surface area contributed by atoms with Crippen LogP contribution in [0, 0.1) is 11.8 Å². The van der Waals surface area contributed by atoms with Crippen LogP contribution in [0.3, 0.4) is 0 Å². The number of rotatable bonds is 4. The van der Waals surface area contributed by atoms with Crippen molar-refractivity contribution in [3.05, 3.63) is 29.8 Å². The Morgan fingerprint density at radius 3 is 2.79 bits per heavy atom. The van der Waals surface area contributed by atoms with Gasteiger partial charge in [-0.1, -0.05) is 11.8 Å². The highest BCUT2D eigenvalue weighted by atomic mass is 16.5. The number of β-amino-alcohol motifs (C(OH)–C–C–N with tert-alkyl or cyclic N) is 1. The second-order valence-corrected chi connectivity index (χ2v) is 4.62. The van der Waals surface area contributed by atoms with Gasteiger partial charge >= 0.3 is 0 Å². The van der Waals surface area contributed by atoms with E-state index in [-0.39, 0.29) is 6.10 Å². The molecule has 0 spiro atoms. The van der Waals surface area contributed by atoms with Gasteiger partial charge in [0.05, 0.1) is 12.6 Å². The van der Waals surface area contributed by atoms with Gasteiger partial charge in [-0.05, 0) is 30.7 Å². The van der Waals surface area contributed by atoms with Crippen molar-refractivity contribution in [3.8, 4) is 17.6 Å². The number of hydrogen-bond donors (Lipinski definition) is 2. The summed E-state index contributed by atoms with van der Waals surface area (Å²) < 4.78 is 5.67. The molecule has 1 aliphatic rings. The first-order valence-electron chi connectivity index (χ1n) is 6.60.